The maximum Gasteiger partial charge on any atom is 0.191 e. The van der Waals surface area contributed by atoms with Gasteiger partial charge in [0, 0.05) is 38.6 Å². The fourth-order valence-corrected chi connectivity index (χ4v) is 4.33. The molecule has 1 heterocycles. The molecule has 2 aliphatic carbocycles. The molecule has 1 aromatic rings. The second-order valence-corrected chi connectivity index (χ2v) is 7.13. The molecule has 2 fully saturated rings. The molecule has 136 valence electrons. The number of nitrogens with zero attached hydrogens (tertiary/aromatic N) is 3. The number of rotatable bonds is 4. The van der Waals surface area contributed by atoms with Crippen molar-refractivity contribution >= 4 is 29.9 Å². The predicted octanol–water partition coefficient (Wildman–Crippen LogP) is 3.33. The highest BCUT2D eigenvalue weighted by atomic mass is 127. The van der Waals surface area contributed by atoms with Crippen LogP contribution in [0.3, 0.4) is 0 Å². The summed E-state index contributed by atoms with van der Waals surface area (Å²) in [6.45, 7) is 3.83. The van der Waals surface area contributed by atoms with Gasteiger partial charge in [-0.1, -0.05) is 25.7 Å². The topological polar surface area (TPSA) is 54.2 Å². The van der Waals surface area contributed by atoms with Gasteiger partial charge < -0.3 is 15.2 Å². The number of imidazole rings is 1. The molecule has 0 saturated heterocycles. The van der Waals surface area contributed by atoms with Crippen LogP contribution in [0, 0.1) is 18.8 Å². The summed E-state index contributed by atoms with van der Waals surface area (Å²) >= 11 is 0. The first-order valence-electron chi connectivity index (χ1n) is 9.21. The lowest BCUT2D eigenvalue weighted by molar-refractivity contribution is 0.150. The number of hydrogen-bond acceptors (Lipinski definition) is 2. The number of fused-ring (bicyclic) bond motifs is 1. The Balaban J connectivity index is 0.00000208. The van der Waals surface area contributed by atoms with E-state index in [1.54, 1.807) is 0 Å². The fraction of sp³-hybridized carbons (Fsp3) is 0.778. The van der Waals surface area contributed by atoms with E-state index < -0.39 is 0 Å². The van der Waals surface area contributed by atoms with Crippen LogP contribution in [0.1, 0.15) is 50.8 Å². The third-order valence-electron chi connectivity index (χ3n) is 5.67. The highest BCUT2D eigenvalue weighted by Gasteiger charge is 2.32. The van der Waals surface area contributed by atoms with E-state index >= 15 is 0 Å². The van der Waals surface area contributed by atoms with E-state index in [2.05, 4.69) is 25.2 Å². The minimum atomic E-state index is 0. The van der Waals surface area contributed by atoms with Crippen molar-refractivity contribution in [3.63, 3.8) is 0 Å². The summed E-state index contributed by atoms with van der Waals surface area (Å²) in [5, 5.41) is 7.09. The molecule has 0 radical (unpaired) electrons. The number of nitrogens with one attached hydrogen (secondary N) is 2. The summed E-state index contributed by atoms with van der Waals surface area (Å²) in [5.74, 6) is 3.95. The molecule has 0 aromatic carbocycles. The summed E-state index contributed by atoms with van der Waals surface area (Å²) in [6, 6.07) is 0.593. The largest absolute Gasteiger partial charge is 0.355 e. The molecule has 0 aliphatic heterocycles. The number of hydrogen-bond donors (Lipinski definition) is 2. The van der Waals surface area contributed by atoms with Crippen molar-refractivity contribution in [2.45, 2.75) is 64.5 Å². The third kappa shape index (κ3) is 5.10. The Hall–Kier alpha value is -0.790. The van der Waals surface area contributed by atoms with Gasteiger partial charge in [-0.25, -0.2) is 4.98 Å². The molecular formula is C18H32IN5. The SMILES string of the molecule is CN=C(NCCn1ccnc1C)NC1CCC2CCCCC2C1.I. The summed E-state index contributed by atoms with van der Waals surface area (Å²) < 4.78 is 2.16. The highest BCUT2D eigenvalue weighted by Crippen LogP contribution is 2.40. The van der Waals surface area contributed by atoms with Gasteiger partial charge in [-0.05, 0) is 38.0 Å². The Labute approximate surface area is 163 Å². The van der Waals surface area contributed by atoms with Gasteiger partial charge in [0.05, 0.1) is 0 Å². The van der Waals surface area contributed by atoms with Crippen LogP contribution < -0.4 is 10.6 Å². The lowest BCUT2D eigenvalue weighted by Crippen LogP contribution is -2.47. The lowest BCUT2D eigenvalue weighted by Gasteiger charge is -2.39. The first-order chi connectivity index (χ1) is 11.3. The molecule has 2 N–H and O–H groups in total. The second-order valence-electron chi connectivity index (χ2n) is 7.13. The van der Waals surface area contributed by atoms with Crippen LogP contribution in [0.15, 0.2) is 17.4 Å². The van der Waals surface area contributed by atoms with E-state index in [1.807, 2.05) is 26.4 Å². The normalized spacial score (nSPS) is 27.1. The highest BCUT2D eigenvalue weighted by molar-refractivity contribution is 14.0. The van der Waals surface area contributed by atoms with E-state index in [0.717, 1.165) is 36.7 Å². The van der Waals surface area contributed by atoms with Crippen molar-refractivity contribution in [2.24, 2.45) is 16.8 Å². The molecule has 1 aromatic heterocycles. The van der Waals surface area contributed by atoms with Gasteiger partial charge >= 0.3 is 0 Å². The number of aromatic nitrogens is 2. The minimum Gasteiger partial charge on any atom is -0.355 e. The molecular weight excluding hydrogens is 413 g/mol. The van der Waals surface area contributed by atoms with Gasteiger partial charge in [-0.3, -0.25) is 4.99 Å². The fourth-order valence-electron chi connectivity index (χ4n) is 4.33. The van der Waals surface area contributed by atoms with Gasteiger partial charge in [-0.2, -0.15) is 0 Å². The average Bonchev–Trinajstić information content (AvgIpc) is 2.99. The summed E-state index contributed by atoms with van der Waals surface area (Å²) in [4.78, 5) is 8.65. The van der Waals surface area contributed by atoms with Gasteiger partial charge in [0.1, 0.15) is 5.82 Å². The van der Waals surface area contributed by atoms with E-state index in [9.17, 15) is 0 Å². The molecule has 24 heavy (non-hydrogen) atoms. The zero-order valence-corrected chi connectivity index (χ0v) is 17.3. The molecule has 6 heteroatoms. The molecule has 5 nitrogen and oxygen atoms in total. The van der Waals surface area contributed by atoms with Crippen molar-refractivity contribution in [2.75, 3.05) is 13.6 Å². The van der Waals surface area contributed by atoms with Crippen LogP contribution in [-0.4, -0.2) is 35.1 Å². The number of aryl methyl sites for hydroxylation is 1. The van der Waals surface area contributed by atoms with Crippen LogP contribution in [0.2, 0.25) is 0 Å². The Morgan fingerprint density at radius 3 is 2.75 bits per heavy atom. The van der Waals surface area contributed by atoms with Crippen LogP contribution in [0.4, 0.5) is 0 Å². The maximum atomic E-state index is 4.40. The van der Waals surface area contributed by atoms with Crippen LogP contribution >= 0.6 is 24.0 Å². The van der Waals surface area contributed by atoms with Crippen LogP contribution in [0.25, 0.3) is 0 Å². The summed E-state index contributed by atoms with van der Waals surface area (Å²) in [7, 11) is 1.87. The molecule has 3 unspecified atom stereocenters. The molecule has 0 spiro atoms. The molecule has 2 saturated carbocycles. The molecule has 0 bridgehead atoms. The van der Waals surface area contributed by atoms with Crippen molar-refractivity contribution in [1.82, 2.24) is 20.2 Å². The summed E-state index contributed by atoms with van der Waals surface area (Å²) in [5.41, 5.74) is 0. The molecule has 3 atom stereocenters. The Bertz CT molecular complexity index is 527. The van der Waals surface area contributed by atoms with Gasteiger partial charge in [0.25, 0.3) is 0 Å². The van der Waals surface area contributed by atoms with Gasteiger partial charge in [-0.15, -0.1) is 24.0 Å². The zero-order chi connectivity index (χ0) is 16.1. The smallest absolute Gasteiger partial charge is 0.191 e. The van der Waals surface area contributed by atoms with E-state index in [4.69, 9.17) is 0 Å². The second kappa shape index (κ2) is 9.63. The van der Waals surface area contributed by atoms with Crippen LogP contribution in [0.5, 0.6) is 0 Å². The number of halogens is 1. The quantitative estimate of drug-likeness (QED) is 0.425. The number of guanidine groups is 1. The van der Waals surface area contributed by atoms with Crippen molar-refractivity contribution < 1.29 is 0 Å². The Kier molecular flexibility index (Phi) is 7.84. The minimum absolute atomic E-state index is 0. The third-order valence-corrected chi connectivity index (χ3v) is 5.67. The van der Waals surface area contributed by atoms with Crippen molar-refractivity contribution in [3.05, 3.63) is 18.2 Å². The van der Waals surface area contributed by atoms with Crippen LogP contribution in [-0.2, 0) is 6.54 Å². The van der Waals surface area contributed by atoms with Gasteiger partial charge in [0.2, 0.25) is 0 Å². The maximum absolute atomic E-state index is 4.40. The van der Waals surface area contributed by atoms with E-state index in [0.29, 0.717) is 6.04 Å². The average molecular weight is 445 g/mol. The lowest BCUT2D eigenvalue weighted by atomic mass is 9.69. The standard InChI is InChI=1S/C18H31N5.HI/c1-14-20-9-11-23(14)12-10-21-18(19-2)22-17-8-7-15-5-3-4-6-16(15)13-17;/h9,11,15-17H,3-8,10,12-13H2,1-2H3,(H2,19,21,22);1H. The van der Waals surface area contributed by atoms with Gasteiger partial charge in [0.15, 0.2) is 5.96 Å². The Morgan fingerprint density at radius 2 is 2.04 bits per heavy atom. The zero-order valence-electron chi connectivity index (χ0n) is 15.0. The van der Waals surface area contributed by atoms with E-state index in [-0.39, 0.29) is 24.0 Å². The first kappa shape index (κ1) is 19.5. The molecule has 2 aliphatic rings. The van der Waals surface area contributed by atoms with Crippen molar-refractivity contribution in [3.8, 4) is 0 Å². The monoisotopic (exact) mass is 445 g/mol. The molecule has 3 rings (SSSR count). The number of aliphatic imine (C=N–C) groups is 1. The predicted molar refractivity (Wildman–Crippen MR) is 110 cm³/mol. The molecule has 0 amide bonds. The van der Waals surface area contributed by atoms with Crippen molar-refractivity contribution in [1.29, 1.82) is 0 Å². The van der Waals surface area contributed by atoms with E-state index in [1.165, 1.54) is 44.9 Å². The summed E-state index contributed by atoms with van der Waals surface area (Å²) in [6.07, 6.45) is 13.7. The Morgan fingerprint density at radius 1 is 1.25 bits per heavy atom. The first-order valence-corrected chi connectivity index (χ1v) is 9.21.